The molecule has 0 spiro atoms. The Balaban J connectivity index is 1.94. The van der Waals surface area contributed by atoms with Gasteiger partial charge in [-0.2, -0.15) is 0 Å². The Morgan fingerprint density at radius 1 is 1.04 bits per heavy atom. The number of sulfonamides is 1. The first-order valence-electron chi connectivity index (χ1n) is 8.98. The van der Waals surface area contributed by atoms with Crippen molar-refractivity contribution >= 4 is 16.1 Å². The van der Waals surface area contributed by atoms with E-state index in [9.17, 15) is 8.42 Å². The predicted octanol–water partition coefficient (Wildman–Crippen LogP) is 3.33. The number of ether oxygens (including phenoxy) is 1. The van der Waals surface area contributed by atoms with E-state index in [0.29, 0.717) is 13.1 Å². The summed E-state index contributed by atoms with van der Waals surface area (Å²) in [4.78, 5) is 0. The van der Waals surface area contributed by atoms with Crippen molar-refractivity contribution in [1.29, 1.82) is 0 Å². The highest BCUT2D eigenvalue weighted by Gasteiger charge is 2.14. The molecule has 5 nitrogen and oxygen atoms in total. The Bertz CT molecular complexity index is 861. The van der Waals surface area contributed by atoms with E-state index in [0.717, 1.165) is 22.4 Å². The SMILES string of the molecule is COc1ccccc1/C=C/CNCc1ccccc1CS(=O)(=O)NC(C)C. The van der Waals surface area contributed by atoms with Crippen LogP contribution >= 0.6 is 0 Å². The van der Waals surface area contributed by atoms with Crippen LogP contribution in [0, 0.1) is 0 Å². The summed E-state index contributed by atoms with van der Waals surface area (Å²) in [5.41, 5.74) is 2.82. The fraction of sp³-hybridized carbons (Fsp3) is 0.333. The molecule has 0 bridgehead atoms. The number of hydrogen-bond donors (Lipinski definition) is 2. The van der Waals surface area contributed by atoms with Crippen molar-refractivity contribution in [2.75, 3.05) is 13.7 Å². The fourth-order valence-electron chi connectivity index (χ4n) is 2.76. The molecule has 0 atom stereocenters. The molecule has 0 saturated heterocycles. The second kappa shape index (κ2) is 10.3. The van der Waals surface area contributed by atoms with E-state index in [1.165, 1.54) is 0 Å². The summed E-state index contributed by atoms with van der Waals surface area (Å²) in [6.07, 6.45) is 4.03. The monoisotopic (exact) mass is 388 g/mol. The highest BCUT2D eigenvalue weighted by Crippen LogP contribution is 2.18. The van der Waals surface area contributed by atoms with Gasteiger partial charge in [-0.25, -0.2) is 13.1 Å². The molecule has 0 aliphatic rings. The topological polar surface area (TPSA) is 67.4 Å². The molecular weight excluding hydrogens is 360 g/mol. The standard InChI is InChI=1S/C21H28N2O3S/c1-17(2)23-27(24,25)16-20-11-5-4-10-19(20)15-22-14-8-12-18-9-6-7-13-21(18)26-3/h4-13,17,22-23H,14-16H2,1-3H3/b12-8+. The van der Waals surface area contributed by atoms with Crippen LogP contribution < -0.4 is 14.8 Å². The third kappa shape index (κ3) is 7.17. The molecule has 0 aromatic heterocycles. The van der Waals surface area contributed by atoms with Crippen LogP contribution in [0.4, 0.5) is 0 Å². The van der Waals surface area contributed by atoms with E-state index in [1.54, 1.807) is 7.11 Å². The molecule has 2 aromatic carbocycles. The first-order valence-corrected chi connectivity index (χ1v) is 10.6. The molecule has 2 N–H and O–H groups in total. The zero-order valence-corrected chi connectivity index (χ0v) is 16.9. The molecular formula is C21H28N2O3S. The van der Waals surface area contributed by atoms with Crippen LogP contribution in [0.15, 0.2) is 54.6 Å². The largest absolute Gasteiger partial charge is 0.496 e. The van der Waals surface area contributed by atoms with Crippen LogP contribution in [0.3, 0.4) is 0 Å². The van der Waals surface area contributed by atoms with E-state index in [2.05, 4.69) is 10.0 Å². The maximum Gasteiger partial charge on any atom is 0.216 e. The molecule has 0 aliphatic carbocycles. The molecule has 0 amide bonds. The summed E-state index contributed by atoms with van der Waals surface area (Å²) in [5.74, 6) is 0.821. The fourth-order valence-corrected chi connectivity index (χ4v) is 4.25. The van der Waals surface area contributed by atoms with Crippen molar-refractivity contribution in [1.82, 2.24) is 10.0 Å². The molecule has 0 unspecified atom stereocenters. The van der Waals surface area contributed by atoms with E-state index in [-0.39, 0.29) is 11.8 Å². The summed E-state index contributed by atoms with van der Waals surface area (Å²) < 4.78 is 32.4. The van der Waals surface area contributed by atoms with Gasteiger partial charge >= 0.3 is 0 Å². The smallest absolute Gasteiger partial charge is 0.216 e. The zero-order valence-electron chi connectivity index (χ0n) is 16.1. The van der Waals surface area contributed by atoms with Gasteiger partial charge in [0.25, 0.3) is 0 Å². The van der Waals surface area contributed by atoms with Gasteiger partial charge in [0.05, 0.1) is 12.9 Å². The maximum absolute atomic E-state index is 12.2. The first kappa shape index (κ1) is 21.2. The molecule has 0 aliphatic heterocycles. The number of rotatable bonds is 10. The van der Waals surface area contributed by atoms with Crippen molar-refractivity contribution in [3.05, 3.63) is 71.3 Å². The van der Waals surface area contributed by atoms with Crippen LogP contribution in [-0.2, 0) is 22.3 Å². The second-order valence-corrected chi connectivity index (χ2v) is 8.33. The molecule has 2 aromatic rings. The van der Waals surface area contributed by atoms with Gasteiger partial charge in [0.15, 0.2) is 0 Å². The lowest BCUT2D eigenvalue weighted by molar-refractivity contribution is 0.414. The Hall–Kier alpha value is -2.15. The van der Waals surface area contributed by atoms with Crippen LogP contribution in [0.2, 0.25) is 0 Å². The highest BCUT2D eigenvalue weighted by atomic mass is 32.2. The van der Waals surface area contributed by atoms with Gasteiger partial charge in [0.2, 0.25) is 10.0 Å². The first-order chi connectivity index (χ1) is 12.9. The number of benzene rings is 2. The summed E-state index contributed by atoms with van der Waals surface area (Å²) in [6, 6.07) is 15.3. The van der Waals surface area contributed by atoms with E-state index >= 15 is 0 Å². The normalized spacial score (nSPS) is 12.0. The second-order valence-electron chi connectivity index (χ2n) is 6.58. The van der Waals surface area contributed by atoms with E-state index in [1.807, 2.05) is 74.5 Å². The number of nitrogens with one attached hydrogen (secondary N) is 2. The predicted molar refractivity (Wildman–Crippen MR) is 111 cm³/mol. The Labute approximate surface area is 162 Å². The molecule has 146 valence electrons. The third-order valence-electron chi connectivity index (χ3n) is 3.89. The van der Waals surface area contributed by atoms with E-state index < -0.39 is 10.0 Å². The summed E-state index contributed by atoms with van der Waals surface area (Å²) in [7, 11) is -1.68. The molecule has 0 saturated carbocycles. The molecule has 0 fully saturated rings. The van der Waals surface area contributed by atoms with Crippen LogP contribution in [0.5, 0.6) is 5.75 Å². The van der Waals surface area contributed by atoms with E-state index in [4.69, 9.17) is 4.74 Å². The van der Waals surface area contributed by atoms with Gasteiger partial charge < -0.3 is 10.1 Å². The Kier molecular flexibility index (Phi) is 8.03. The zero-order chi connectivity index (χ0) is 19.7. The molecule has 0 radical (unpaired) electrons. The lowest BCUT2D eigenvalue weighted by Crippen LogP contribution is -2.31. The van der Waals surface area contributed by atoms with Crippen molar-refractivity contribution in [3.63, 3.8) is 0 Å². The van der Waals surface area contributed by atoms with Crippen molar-refractivity contribution in [3.8, 4) is 5.75 Å². The quantitative estimate of drug-likeness (QED) is 0.613. The highest BCUT2D eigenvalue weighted by molar-refractivity contribution is 7.88. The van der Waals surface area contributed by atoms with Gasteiger partial charge in [-0.15, -0.1) is 0 Å². The summed E-state index contributed by atoms with van der Waals surface area (Å²) in [5, 5.41) is 3.33. The number of methoxy groups -OCH3 is 1. The van der Waals surface area contributed by atoms with Gasteiger partial charge in [-0.1, -0.05) is 54.6 Å². The Morgan fingerprint density at radius 3 is 2.41 bits per heavy atom. The summed E-state index contributed by atoms with van der Waals surface area (Å²) in [6.45, 7) is 4.91. The average Bonchev–Trinajstić information content (AvgIpc) is 2.61. The molecule has 6 heteroatoms. The van der Waals surface area contributed by atoms with Gasteiger partial charge in [0, 0.05) is 24.7 Å². The maximum atomic E-state index is 12.2. The lowest BCUT2D eigenvalue weighted by Gasteiger charge is -2.13. The number of hydrogen-bond acceptors (Lipinski definition) is 4. The van der Waals surface area contributed by atoms with Crippen molar-refractivity contribution in [2.24, 2.45) is 0 Å². The Morgan fingerprint density at radius 2 is 1.70 bits per heavy atom. The third-order valence-corrected chi connectivity index (χ3v) is 5.41. The minimum atomic E-state index is -3.34. The van der Waals surface area contributed by atoms with Gasteiger partial charge in [-0.3, -0.25) is 0 Å². The summed E-state index contributed by atoms with van der Waals surface area (Å²) >= 11 is 0. The molecule has 2 rings (SSSR count). The van der Waals surface area contributed by atoms with Crippen molar-refractivity contribution in [2.45, 2.75) is 32.2 Å². The van der Waals surface area contributed by atoms with Crippen molar-refractivity contribution < 1.29 is 13.2 Å². The molecule has 0 heterocycles. The average molecular weight is 389 g/mol. The van der Waals surface area contributed by atoms with Gasteiger partial charge in [0.1, 0.15) is 5.75 Å². The van der Waals surface area contributed by atoms with Crippen LogP contribution in [0.1, 0.15) is 30.5 Å². The minimum absolute atomic E-state index is 0.0138. The lowest BCUT2D eigenvalue weighted by atomic mass is 10.1. The minimum Gasteiger partial charge on any atom is -0.496 e. The molecule has 27 heavy (non-hydrogen) atoms. The van der Waals surface area contributed by atoms with Gasteiger partial charge in [-0.05, 0) is 31.0 Å². The number of para-hydroxylation sites is 1. The van der Waals surface area contributed by atoms with Crippen LogP contribution in [-0.4, -0.2) is 28.1 Å². The van der Waals surface area contributed by atoms with Crippen LogP contribution in [0.25, 0.3) is 6.08 Å².